The topological polar surface area (TPSA) is 43.8 Å². The highest BCUT2D eigenvalue weighted by Crippen LogP contribution is 2.29. The molecule has 0 radical (unpaired) electrons. The van der Waals surface area contributed by atoms with Gasteiger partial charge in [0.05, 0.1) is 12.9 Å². The van der Waals surface area contributed by atoms with Crippen LogP contribution in [0, 0.1) is 6.92 Å². The Kier molecular flexibility index (Phi) is 3.80. The molecule has 2 aromatic carbocycles. The molecule has 3 rings (SSSR count). The van der Waals surface area contributed by atoms with E-state index in [4.69, 9.17) is 5.73 Å². The molecule has 0 unspecified atom stereocenters. The molecule has 0 atom stereocenters. The summed E-state index contributed by atoms with van der Waals surface area (Å²) in [5.41, 5.74) is 10.6. The van der Waals surface area contributed by atoms with E-state index in [1.807, 2.05) is 34.9 Å². The minimum Gasteiger partial charge on any atom is -0.383 e. The van der Waals surface area contributed by atoms with Crippen LogP contribution in [-0.4, -0.2) is 9.55 Å². The highest BCUT2D eigenvalue weighted by Gasteiger charge is 2.12. The van der Waals surface area contributed by atoms with E-state index in [1.54, 1.807) is 6.33 Å². The van der Waals surface area contributed by atoms with Crippen molar-refractivity contribution in [2.75, 3.05) is 5.73 Å². The Labute approximate surface area is 132 Å². The maximum absolute atomic E-state index is 6.28. The fraction of sp³-hybridized carbons (Fsp3) is 0.118. The Morgan fingerprint density at radius 1 is 1.14 bits per heavy atom. The Balaban J connectivity index is 1.96. The lowest BCUT2D eigenvalue weighted by atomic mass is 10.1. The average Bonchev–Trinajstić information content (AvgIpc) is 2.82. The summed E-state index contributed by atoms with van der Waals surface area (Å²) in [6.45, 7) is 2.80. The van der Waals surface area contributed by atoms with Crippen LogP contribution in [0.15, 0.2) is 59.3 Å². The van der Waals surface area contributed by atoms with Gasteiger partial charge in [-0.25, -0.2) is 4.98 Å². The van der Waals surface area contributed by atoms with Crippen LogP contribution in [0.1, 0.15) is 11.1 Å². The number of rotatable bonds is 3. The second-order valence-electron chi connectivity index (χ2n) is 5.05. The third-order valence-corrected chi connectivity index (χ3v) is 4.01. The van der Waals surface area contributed by atoms with E-state index in [0.29, 0.717) is 5.82 Å². The first-order valence-corrected chi connectivity index (χ1v) is 7.55. The standard InChI is InChI=1S/C17H16BrN3/c1-12-9-14(18)7-8-15(12)16-17(19)21(11-20-16)10-13-5-3-2-4-6-13/h2-9,11H,10,19H2,1H3. The van der Waals surface area contributed by atoms with Gasteiger partial charge in [-0.2, -0.15) is 0 Å². The van der Waals surface area contributed by atoms with E-state index in [0.717, 1.165) is 27.8 Å². The lowest BCUT2D eigenvalue weighted by molar-refractivity contribution is 0.808. The third-order valence-electron chi connectivity index (χ3n) is 3.52. The van der Waals surface area contributed by atoms with Crippen LogP contribution in [0.25, 0.3) is 11.3 Å². The number of nitrogens with two attached hydrogens (primary N) is 1. The molecule has 0 aliphatic rings. The first-order chi connectivity index (χ1) is 10.1. The number of hydrogen-bond donors (Lipinski definition) is 1. The number of nitrogens with zero attached hydrogens (tertiary/aromatic N) is 2. The van der Waals surface area contributed by atoms with Crippen molar-refractivity contribution in [1.29, 1.82) is 0 Å². The predicted molar refractivity (Wildman–Crippen MR) is 90.1 cm³/mol. The van der Waals surface area contributed by atoms with Crippen LogP contribution in [0.4, 0.5) is 5.82 Å². The maximum atomic E-state index is 6.28. The summed E-state index contributed by atoms with van der Waals surface area (Å²) < 4.78 is 3.04. The molecular weight excluding hydrogens is 326 g/mol. The monoisotopic (exact) mass is 341 g/mol. The van der Waals surface area contributed by atoms with Gasteiger partial charge in [-0.05, 0) is 30.2 Å². The summed E-state index contributed by atoms with van der Waals surface area (Å²) in [7, 11) is 0. The number of halogens is 1. The molecule has 3 nitrogen and oxygen atoms in total. The molecule has 0 aliphatic heterocycles. The molecule has 4 heteroatoms. The lowest BCUT2D eigenvalue weighted by Gasteiger charge is -2.08. The van der Waals surface area contributed by atoms with Crippen molar-refractivity contribution in [1.82, 2.24) is 9.55 Å². The molecule has 0 bridgehead atoms. The van der Waals surface area contributed by atoms with Crippen LogP contribution in [0.5, 0.6) is 0 Å². The molecule has 0 spiro atoms. The fourth-order valence-electron chi connectivity index (χ4n) is 2.40. The number of aromatic nitrogens is 2. The molecule has 0 saturated carbocycles. The van der Waals surface area contributed by atoms with Gasteiger partial charge in [0.1, 0.15) is 11.5 Å². The van der Waals surface area contributed by atoms with Crippen molar-refractivity contribution in [3.05, 3.63) is 70.5 Å². The number of benzene rings is 2. The molecule has 0 aliphatic carbocycles. The van der Waals surface area contributed by atoms with E-state index < -0.39 is 0 Å². The van der Waals surface area contributed by atoms with Gasteiger partial charge in [0.25, 0.3) is 0 Å². The zero-order valence-electron chi connectivity index (χ0n) is 11.8. The maximum Gasteiger partial charge on any atom is 0.131 e. The molecule has 0 amide bonds. The molecule has 1 heterocycles. The van der Waals surface area contributed by atoms with Gasteiger partial charge in [0.15, 0.2) is 0 Å². The van der Waals surface area contributed by atoms with Gasteiger partial charge in [-0.3, -0.25) is 0 Å². The first-order valence-electron chi connectivity index (χ1n) is 6.76. The van der Waals surface area contributed by atoms with E-state index in [-0.39, 0.29) is 0 Å². The van der Waals surface area contributed by atoms with Gasteiger partial charge in [-0.1, -0.05) is 52.3 Å². The highest BCUT2D eigenvalue weighted by molar-refractivity contribution is 9.10. The van der Waals surface area contributed by atoms with Crippen molar-refractivity contribution >= 4 is 21.7 Å². The predicted octanol–water partition coefficient (Wildman–Crippen LogP) is 4.25. The van der Waals surface area contributed by atoms with Crippen molar-refractivity contribution in [3.63, 3.8) is 0 Å². The lowest BCUT2D eigenvalue weighted by Crippen LogP contribution is -2.03. The average molecular weight is 342 g/mol. The van der Waals surface area contributed by atoms with Crippen LogP contribution in [0.2, 0.25) is 0 Å². The van der Waals surface area contributed by atoms with E-state index >= 15 is 0 Å². The smallest absolute Gasteiger partial charge is 0.131 e. The van der Waals surface area contributed by atoms with Gasteiger partial charge in [-0.15, -0.1) is 0 Å². The zero-order valence-corrected chi connectivity index (χ0v) is 13.3. The van der Waals surface area contributed by atoms with Gasteiger partial charge in [0, 0.05) is 10.0 Å². The second kappa shape index (κ2) is 5.74. The molecule has 0 fully saturated rings. The summed E-state index contributed by atoms with van der Waals surface area (Å²) in [6, 6.07) is 16.4. The largest absolute Gasteiger partial charge is 0.383 e. The van der Waals surface area contributed by atoms with Crippen LogP contribution >= 0.6 is 15.9 Å². The number of imidazole rings is 1. The van der Waals surface area contributed by atoms with Gasteiger partial charge in [0.2, 0.25) is 0 Å². The molecule has 21 heavy (non-hydrogen) atoms. The van der Waals surface area contributed by atoms with Crippen LogP contribution < -0.4 is 5.73 Å². The Hall–Kier alpha value is -2.07. The number of aryl methyl sites for hydroxylation is 1. The number of nitrogen functional groups attached to an aromatic ring is 1. The summed E-state index contributed by atoms with van der Waals surface area (Å²) in [5, 5.41) is 0. The molecule has 2 N–H and O–H groups in total. The summed E-state index contributed by atoms with van der Waals surface area (Å²) in [6.07, 6.45) is 1.80. The molecule has 1 aromatic heterocycles. The number of hydrogen-bond acceptors (Lipinski definition) is 2. The Bertz CT molecular complexity index is 763. The Morgan fingerprint density at radius 3 is 2.62 bits per heavy atom. The first kappa shape index (κ1) is 13.9. The van der Waals surface area contributed by atoms with Crippen molar-refractivity contribution in [2.45, 2.75) is 13.5 Å². The van der Waals surface area contributed by atoms with Crippen LogP contribution in [-0.2, 0) is 6.54 Å². The normalized spacial score (nSPS) is 10.8. The van der Waals surface area contributed by atoms with E-state index in [2.05, 4.69) is 46.0 Å². The quantitative estimate of drug-likeness (QED) is 0.773. The van der Waals surface area contributed by atoms with E-state index in [1.165, 1.54) is 5.56 Å². The summed E-state index contributed by atoms with van der Waals surface area (Å²) in [5.74, 6) is 0.698. The molecule has 3 aromatic rings. The Morgan fingerprint density at radius 2 is 1.90 bits per heavy atom. The van der Waals surface area contributed by atoms with Crippen molar-refractivity contribution < 1.29 is 0 Å². The van der Waals surface area contributed by atoms with Crippen molar-refractivity contribution in [3.8, 4) is 11.3 Å². The SMILES string of the molecule is Cc1cc(Br)ccc1-c1ncn(Cc2ccccc2)c1N. The zero-order chi connectivity index (χ0) is 14.8. The summed E-state index contributed by atoms with van der Waals surface area (Å²) in [4.78, 5) is 4.50. The molecular formula is C17H16BrN3. The number of anilines is 1. The summed E-state index contributed by atoms with van der Waals surface area (Å²) >= 11 is 3.48. The molecule has 106 valence electrons. The third kappa shape index (κ3) is 2.85. The minimum absolute atomic E-state index is 0.698. The highest BCUT2D eigenvalue weighted by atomic mass is 79.9. The minimum atomic E-state index is 0.698. The van der Waals surface area contributed by atoms with Gasteiger partial charge < -0.3 is 10.3 Å². The van der Waals surface area contributed by atoms with Crippen LogP contribution in [0.3, 0.4) is 0 Å². The fourth-order valence-corrected chi connectivity index (χ4v) is 2.87. The second-order valence-corrected chi connectivity index (χ2v) is 5.97. The van der Waals surface area contributed by atoms with Crippen molar-refractivity contribution in [2.24, 2.45) is 0 Å². The van der Waals surface area contributed by atoms with Gasteiger partial charge >= 0.3 is 0 Å². The molecule has 0 saturated heterocycles. The van der Waals surface area contributed by atoms with E-state index in [9.17, 15) is 0 Å².